The molecule has 0 saturated carbocycles. The van der Waals surface area contributed by atoms with Gasteiger partial charge < -0.3 is 27.2 Å². The highest BCUT2D eigenvalue weighted by Crippen LogP contribution is 2.10. The molecule has 146 valence electrons. The van der Waals surface area contributed by atoms with Crippen LogP contribution in [0.3, 0.4) is 0 Å². The lowest BCUT2D eigenvalue weighted by Gasteiger charge is -2.02. The minimum absolute atomic E-state index is 0. The van der Waals surface area contributed by atoms with E-state index in [1.54, 1.807) is 0 Å². The summed E-state index contributed by atoms with van der Waals surface area (Å²) in [6.45, 7) is 5.24. The maximum absolute atomic E-state index is 8.92. The zero-order chi connectivity index (χ0) is 18.8. The Kier molecular flexibility index (Phi) is 10.1. The van der Waals surface area contributed by atoms with Gasteiger partial charge in [-0.3, -0.25) is 0 Å². The third-order valence-electron chi connectivity index (χ3n) is 3.52. The summed E-state index contributed by atoms with van der Waals surface area (Å²) in [7, 11) is 0. The van der Waals surface area contributed by atoms with Gasteiger partial charge in [-0.1, -0.05) is 13.8 Å². The van der Waals surface area contributed by atoms with E-state index < -0.39 is 0 Å². The number of pyridine rings is 2. The summed E-state index contributed by atoms with van der Waals surface area (Å²) < 4.78 is 3.73. The molecule has 2 heterocycles. The fraction of sp³-hybridized carbons (Fsp3) is 0.389. The van der Waals surface area contributed by atoms with Crippen molar-refractivity contribution in [2.45, 2.75) is 26.9 Å². The Morgan fingerprint density at radius 1 is 1.07 bits per heavy atom. The van der Waals surface area contributed by atoms with E-state index in [-0.39, 0.29) is 31.5 Å². The van der Waals surface area contributed by atoms with Gasteiger partial charge in [0, 0.05) is 37.0 Å². The van der Waals surface area contributed by atoms with Gasteiger partial charge in [0.25, 0.3) is 0 Å². The topological polar surface area (TPSA) is 98.7 Å². The van der Waals surface area contributed by atoms with Gasteiger partial charge in [0.05, 0.1) is 17.7 Å². The number of aliphatic hydroxyl groups is 2. The van der Waals surface area contributed by atoms with Crippen LogP contribution >= 0.6 is 0 Å². The minimum atomic E-state index is 0. The second-order valence-corrected chi connectivity index (χ2v) is 5.95. The Morgan fingerprint density at radius 3 is 2.30 bits per heavy atom. The standard InChI is InChI=1S/C18H25N6O2.ClH/c1-15(2)18(21-19-16-3-7-23(8-4-16)11-13-25)22-20-17-5-9-24(10-6-17)12-14-26;/h3-10,15,25-26H,11-14H2,1-2H3;1H/q+1;/p-1. The van der Waals surface area contributed by atoms with Crippen molar-refractivity contribution >= 4 is 11.5 Å². The van der Waals surface area contributed by atoms with Crippen LogP contribution in [-0.4, -0.2) is 33.8 Å². The predicted octanol–water partition coefficient (Wildman–Crippen LogP) is -1.58. The van der Waals surface area contributed by atoms with Gasteiger partial charge >= 0.3 is 0 Å². The van der Waals surface area contributed by atoms with E-state index in [2.05, 4.69) is 20.4 Å². The van der Waals surface area contributed by atoms with E-state index in [4.69, 9.17) is 10.2 Å². The maximum Gasteiger partial charge on any atom is 0.175 e. The predicted molar refractivity (Wildman–Crippen MR) is 97.6 cm³/mol. The third-order valence-corrected chi connectivity index (χ3v) is 3.52. The van der Waals surface area contributed by atoms with Crippen molar-refractivity contribution in [3.63, 3.8) is 0 Å². The number of aliphatic hydroxyl groups excluding tert-OH is 2. The molecular weight excluding hydrogens is 368 g/mol. The Labute approximate surface area is 164 Å². The Morgan fingerprint density at radius 2 is 1.74 bits per heavy atom. The van der Waals surface area contributed by atoms with Gasteiger partial charge in [0.15, 0.2) is 24.8 Å². The second-order valence-electron chi connectivity index (χ2n) is 5.95. The zero-order valence-corrected chi connectivity index (χ0v) is 16.2. The summed E-state index contributed by atoms with van der Waals surface area (Å²) in [6, 6.07) is 7.30. The Bertz CT molecular complexity index is 795. The molecule has 9 heteroatoms. The number of azo groups is 1. The Balaban J connectivity index is 0.00000364. The van der Waals surface area contributed by atoms with E-state index in [1.807, 2.05) is 72.0 Å². The summed E-state index contributed by atoms with van der Waals surface area (Å²) in [5.74, 6) is 0.609. The van der Waals surface area contributed by atoms with Gasteiger partial charge in [-0.15, -0.1) is 20.4 Å². The molecule has 0 aliphatic rings. The first kappa shape index (κ1) is 22.6. The molecule has 2 aromatic heterocycles. The molecule has 0 unspecified atom stereocenters. The molecule has 0 aliphatic heterocycles. The molecule has 8 nitrogen and oxygen atoms in total. The first-order valence-electron chi connectivity index (χ1n) is 8.52. The van der Waals surface area contributed by atoms with Crippen molar-refractivity contribution in [2.24, 2.45) is 26.3 Å². The van der Waals surface area contributed by atoms with Gasteiger partial charge in [0.1, 0.15) is 6.61 Å². The quantitative estimate of drug-likeness (QED) is 0.195. The summed E-state index contributed by atoms with van der Waals surface area (Å²) in [5, 5.41) is 35.4. The molecule has 2 N–H and O–H groups in total. The molecule has 0 saturated heterocycles. The van der Waals surface area contributed by atoms with Crippen molar-refractivity contribution in [3.05, 3.63) is 54.4 Å². The average molecular weight is 393 g/mol. The Hall–Kier alpha value is -2.42. The van der Waals surface area contributed by atoms with Gasteiger partial charge in [-0.05, 0) is 12.1 Å². The van der Waals surface area contributed by atoms with Crippen molar-refractivity contribution in [1.82, 2.24) is 4.57 Å². The summed E-state index contributed by atoms with van der Waals surface area (Å²) in [4.78, 5) is 0. The molecule has 0 aromatic carbocycles. The number of rotatable bonds is 7. The van der Waals surface area contributed by atoms with Crippen molar-refractivity contribution < 1.29 is 27.2 Å². The summed E-state index contributed by atoms with van der Waals surface area (Å²) in [6.07, 6.45) is 7.36. The SMILES string of the molecule is CC(C)C(N=Nc1cc[n+](CCO)cc1)=NN=c1ccn(CCO)cc1.[Cl-]. The number of halogens is 1. The van der Waals surface area contributed by atoms with Gasteiger partial charge in [-0.25, -0.2) is 4.57 Å². The molecule has 0 atom stereocenters. The first-order chi connectivity index (χ1) is 12.6. The fourth-order valence-electron chi connectivity index (χ4n) is 2.03. The number of nitrogens with zero attached hydrogens (tertiary/aromatic N) is 6. The van der Waals surface area contributed by atoms with Crippen LogP contribution in [0.15, 0.2) is 69.5 Å². The van der Waals surface area contributed by atoms with Crippen LogP contribution in [0.5, 0.6) is 0 Å². The number of hydrogen-bond donors (Lipinski definition) is 2. The lowest BCUT2D eigenvalue weighted by Crippen LogP contribution is -3.00. The molecule has 2 aromatic rings. The van der Waals surface area contributed by atoms with Crippen LogP contribution in [0.2, 0.25) is 0 Å². The molecule has 0 radical (unpaired) electrons. The lowest BCUT2D eigenvalue weighted by atomic mass is 10.2. The summed E-state index contributed by atoms with van der Waals surface area (Å²) in [5.41, 5.74) is 0.706. The zero-order valence-electron chi connectivity index (χ0n) is 15.5. The highest BCUT2D eigenvalue weighted by atomic mass is 35.5. The van der Waals surface area contributed by atoms with Crippen LogP contribution in [-0.2, 0) is 13.1 Å². The normalized spacial score (nSPS) is 11.7. The summed E-state index contributed by atoms with van der Waals surface area (Å²) >= 11 is 0. The second kappa shape index (κ2) is 12.1. The van der Waals surface area contributed by atoms with E-state index in [0.29, 0.717) is 30.0 Å². The third kappa shape index (κ3) is 7.78. The van der Waals surface area contributed by atoms with E-state index in [1.165, 1.54) is 0 Å². The van der Waals surface area contributed by atoms with Crippen molar-refractivity contribution in [1.29, 1.82) is 0 Å². The first-order valence-corrected chi connectivity index (χ1v) is 8.52. The highest BCUT2D eigenvalue weighted by molar-refractivity contribution is 5.84. The van der Waals surface area contributed by atoms with E-state index in [0.717, 1.165) is 0 Å². The maximum atomic E-state index is 8.92. The molecule has 0 aliphatic carbocycles. The fourth-order valence-corrected chi connectivity index (χ4v) is 2.03. The van der Waals surface area contributed by atoms with E-state index >= 15 is 0 Å². The van der Waals surface area contributed by atoms with Crippen LogP contribution in [0, 0.1) is 5.92 Å². The van der Waals surface area contributed by atoms with Crippen LogP contribution < -0.4 is 22.3 Å². The van der Waals surface area contributed by atoms with Crippen LogP contribution in [0.25, 0.3) is 0 Å². The minimum Gasteiger partial charge on any atom is -1.00 e. The largest absolute Gasteiger partial charge is 1.00 e. The molecule has 0 amide bonds. The molecular formula is C18H25ClN6O2. The molecule has 2 rings (SSSR count). The number of amidine groups is 1. The van der Waals surface area contributed by atoms with Crippen molar-refractivity contribution in [3.8, 4) is 0 Å². The lowest BCUT2D eigenvalue weighted by molar-refractivity contribution is -0.698. The van der Waals surface area contributed by atoms with Crippen LogP contribution in [0.4, 0.5) is 5.69 Å². The molecule has 0 fully saturated rings. The van der Waals surface area contributed by atoms with Crippen molar-refractivity contribution in [2.75, 3.05) is 13.2 Å². The number of hydrogen-bond acceptors (Lipinski definition) is 5. The number of aromatic nitrogens is 2. The van der Waals surface area contributed by atoms with Gasteiger partial charge in [0.2, 0.25) is 0 Å². The monoisotopic (exact) mass is 392 g/mol. The molecule has 0 bridgehead atoms. The van der Waals surface area contributed by atoms with E-state index in [9.17, 15) is 0 Å². The highest BCUT2D eigenvalue weighted by Gasteiger charge is 2.04. The van der Waals surface area contributed by atoms with Crippen LogP contribution in [0.1, 0.15) is 13.8 Å². The van der Waals surface area contributed by atoms with Gasteiger partial charge in [-0.2, -0.15) is 0 Å². The molecule has 0 spiro atoms. The smallest absolute Gasteiger partial charge is 0.175 e. The average Bonchev–Trinajstić information content (AvgIpc) is 2.64. The molecule has 27 heavy (non-hydrogen) atoms.